The van der Waals surface area contributed by atoms with Gasteiger partial charge < -0.3 is 9.47 Å². The number of hydrogen-bond acceptors (Lipinski definition) is 2. The average Bonchev–Trinajstić information content (AvgIpc) is 3.06. The zero-order valence-corrected chi connectivity index (χ0v) is 13.9. The van der Waals surface area contributed by atoms with Crippen molar-refractivity contribution in [3.8, 4) is 0 Å². The molecule has 0 atom stereocenters. The first-order valence-corrected chi connectivity index (χ1v) is 8.29. The van der Waals surface area contributed by atoms with Crippen LogP contribution < -0.4 is 0 Å². The molecule has 1 fully saturated rings. The molecule has 1 saturated heterocycles. The normalized spacial score (nSPS) is 15.2. The summed E-state index contributed by atoms with van der Waals surface area (Å²) in [5.74, 6) is 1.24. The third-order valence-corrected chi connectivity index (χ3v) is 4.57. The van der Waals surface area contributed by atoms with Crippen LogP contribution in [0.25, 0.3) is 11.0 Å². The van der Waals surface area contributed by atoms with Crippen molar-refractivity contribution in [2.45, 2.75) is 25.3 Å². The van der Waals surface area contributed by atoms with E-state index in [4.69, 9.17) is 11.6 Å². The summed E-state index contributed by atoms with van der Waals surface area (Å²) in [6, 6.07) is 6.06. The van der Waals surface area contributed by atoms with E-state index in [1.165, 1.54) is 0 Å². The number of aromatic nitrogens is 2. The molecule has 1 aliphatic heterocycles. The second kappa shape index (κ2) is 5.89. The first-order chi connectivity index (χ1) is 9.69. The Kier molecular flexibility index (Phi) is 4.16. The molecule has 4 nitrogen and oxygen atoms in total. The van der Waals surface area contributed by atoms with Gasteiger partial charge in [-0.25, -0.2) is 4.98 Å². The van der Waals surface area contributed by atoms with E-state index in [1.54, 1.807) is 0 Å². The second-order valence-electron chi connectivity index (χ2n) is 4.97. The fourth-order valence-corrected chi connectivity index (χ4v) is 3.31. The highest BCUT2D eigenvalue weighted by Gasteiger charge is 2.20. The van der Waals surface area contributed by atoms with Crippen LogP contribution in [-0.4, -0.2) is 33.4 Å². The van der Waals surface area contributed by atoms with Crippen molar-refractivity contribution in [2.24, 2.45) is 0 Å². The molecule has 1 aromatic carbocycles. The van der Waals surface area contributed by atoms with Gasteiger partial charge in [0.05, 0.1) is 16.9 Å². The summed E-state index contributed by atoms with van der Waals surface area (Å²) in [4.78, 5) is 18.8. The average molecular weight is 404 g/mol. The number of alkyl halides is 1. The lowest BCUT2D eigenvalue weighted by Crippen LogP contribution is -2.31. The second-order valence-corrected chi connectivity index (χ2v) is 6.48. The predicted molar refractivity (Wildman–Crippen MR) is 87.8 cm³/mol. The number of imidazole rings is 1. The van der Waals surface area contributed by atoms with Gasteiger partial charge in [-0.2, -0.15) is 0 Å². The topological polar surface area (TPSA) is 38.1 Å². The number of likely N-dealkylation sites (tertiary alicyclic amines) is 1. The fourth-order valence-electron chi connectivity index (χ4n) is 2.63. The van der Waals surface area contributed by atoms with Crippen LogP contribution in [0, 0.1) is 3.57 Å². The van der Waals surface area contributed by atoms with Crippen LogP contribution in [0.3, 0.4) is 0 Å². The minimum atomic E-state index is 0.159. The maximum absolute atomic E-state index is 12.3. The molecule has 1 aromatic heterocycles. The zero-order chi connectivity index (χ0) is 14.1. The Labute approximate surface area is 136 Å². The van der Waals surface area contributed by atoms with Crippen molar-refractivity contribution in [1.82, 2.24) is 14.5 Å². The number of benzene rings is 1. The summed E-state index contributed by atoms with van der Waals surface area (Å²) in [5, 5.41) is 0. The monoisotopic (exact) mass is 403 g/mol. The number of halogens is 2. The maximum atomic E-state index is 12.3. The lowest BCUT2D eigenvalue weighted by Gasteiger charge is -2.16. The van der Waals surface area contributed by atoms with Crippen molar-refractivity contribution in [1.29, 1.82) is 0 Å². The molecule has 0 unspecified atom stereocenters. The maximum Gasteiger partial charge on any atom is 0.242 e. The third-order valence-electron chi connectivity index (χ3n) is 3.66. The number of rotatable bonds is 3. The highest BCUT2D eigenvalue weighted by atomic mass is 127. The lowest BCUT2D eigenvalue weighted by molar-refractivity contribution is -0.130. The Morgan fingerprint density at radius 1 is 1.35 bits per heavy atom. The van der Waals surface area contributed by atoms with E-state index in [0.717, 1.165) is 46.4 Å². The van der Waals surface area contributed by atoms with Gasteiger partial charge in [-0.3, -0.25) is 4.79 Å². The molecule has 106 valence electrons. The van der Waals surface area contributed by atoms with Crippen molar-refractivity contribution in [3.63, 3.8) is 0 Å². The fraction of sp³-hybridized carbons (Fsp3) is 0.429. The predicted octanol–water partition coefficient (Wildman–Crippen LogP) is 3.00. The van der Waals surface area contributed by atoms with Crippen LogP contribution in [-0.2, 0) is 17.2 Å². The molecule has 3 rings (SSSR count). The Bertz CT molecular complexity index is 649. The zero-order valence-electron chi connectivity index (χ0n) is 11.0. The van der Waals surface area contributed by atoms with Gasteiger partial charge in [0, 0.05) is 16.7 Å². The minimum absolute atomic E-state index is 0.159. The SMILES string of the molecule is O=C(Cn1c(CCl)nc2cc(I)ccc21)N1CCCC1. The van der Waals surface area contributed by atoms with Crippen LogP contribution in [0.5, 0.6) is 0 Å². The van der Waals surface area contributed by atoms with Crippen molar-refractivity contribution in [3.05, 3.63) is 27.6 Å². The Hall–Kier alpha value is -0.820. The Balaban J connectivity index is 1.94. The molecule has 2 heterocycles. The first kappa shape index (κ1) is 14.1. The summed E-state index contributed by atoms with van der Waals surface area (Å²) in [6.07, 6.45) is 2.22. The highest BCUT2D eigenvalue weighted by molar-refractivity contribution is 14.1. The molecule has 0 saturated carbocycles. The van der Waals surface area contributed by atoms with E-state index in [9.17, 15) is 4.79 Å². The van der Waals surface area contributed by atoms with Gasteiger partial charge in [-0.1, -0.05) is 0 Å². The number of carbonyl (C=O) groups excluding carboxylic acids is 1. The smallest absolute Gasteiger partial charge is 0.242 e. The van der Waals surface area contributed by atoms with Gasteiger partial charge in [0.25, 0.3) is 0 Å². The van der Waals surface area contributed by atoms with Crippen LogP contribution >= 0.6 is 34.2 Å². The standard InChI is InChI=1S/C14H15ClIN3O/c15-8-13-17-11-7-10(16)3-4-12(11)19(13)9-14(20)18-5-1-2-6-18/h3-4,7H,1-2,5-6,8-9H2. The van der Waals surface area contributed by atoms with Crippen LogP contribution in [0.2, 0.25) is 0 Å². The quantitative estimate of drug-likeness (QED) is 0.584. The number of fused-ring (bicyclic) bond motifs is 1. The molecule has 2 aromatic rings. The summed E-state index contributed by atoms with van der Waals surface area (Å²) in [6.45, 7) is 2.08. The first-order valence-electron chi connectivity index (χ1n) is 6.67. The Morgan fingerprint density at radius 2 is 2.10 bits per heavy atom. The number of amides is 1. The third kappa shape index (κ3) is 2.65. The molecule has 20 heavy (non-hydrogen) atoms. The van der Waals surface area contributed by atoms with Gasteiger partial charge in [0.1, 0.15) is 12.4 Å². The van der Waals surface area contributed by atoms with E-state index in [0.29, 0.717) is 12.4 Å². The largest absolute Gasteiger partial charge is 0.341 e. The van der Waals surface area contributed by atoms with Crippen LogP contribution in [0.15, 0.2) is 18.2 Å². The summed E-state index contributed by atoms with van der Waals surface area (Å²) < 4.78 is 3.07. The summed E-state index contributed by atoms with van der Waals surface area (Å²) in [5.41, 5.74) is 1.88. The van der Waals surface area contributed by atoms with Crippen LogP contribution in [0.1, 0.15) is 18.7 Å². The number of hydrogen-bond donors (Lipinski definition) is 0. The highest BCUT2D eigenvalue weighted by Crippen LogP contribution is 2.21. The van der Waals surface area contributed by atoms with E-state index in [2.05, 4.69) is 27.6 Å². The summed E-state index contributed by atoms with van der Waals surface area (Å²) in [7, 11) is 0. The van der Waals surface area contributed by atoms with Gasteiger partial charge in [-0.05, 0) is 53.6 Å². The molecule has 0 aliphatic carbocycles. The number of carbonyl (C=O) groups is 1. The van der Waals surface area contributed by atoms with E-state index >= 15 is 0 Å². The lowest BCUT2D eigenvalue weighted by atomic mass is 10.3. The molecular formula is C14H15ClIN3O. The van der Waals surface area contributed by atoms with Crippen molar-refractivity contribution < 1.29 is 4.79 Å². The van der Waals surface area contributed by atoms with E-state index in [-0.39, 0.29) is 5.91 Å². The van der Waals surface area contributed by atoms with Gasteiger partial charge >= 0.3 is 0 Å². The van der Waals surface area contributed by atoms with Crippen molar-refractivity contribution >= 4 is 51.1 Å². The molecule has 0 N–H and O–H groups in total. The van der Waals surface area contributed by atoms with Gasteiger partial charge in [0.15, 0.2) is 0 Å². The molecule has 6 heteroatoms. The van der Waals surface area contributed by atoms with Gasteiger partial charge in [0.2, 0.25) is 5.91 Å². The van der Waals surface area contributed by atoms with E-state index in [1.807, 2.05) is 27.7 Å². The molecule has 1 aliphatic rings. The molecule has 0 bridgehead atoms. The molecule has 0 spiro atoms. The van der Waals surface area contributed by atoms with Gasteiger partial charge in [-0.15, -0.1) is 11.6 Å². The van der Waals surface area contributed by atoms with E-state index < -0.39 is 0 Å². The number of nitrogens with zero attached hydrogens (tertiary/aromatic N) is 3. The van der Waals surface area contributed by atoms with Crippen molar-refractivity contribution in [2.75, 3.05) is 13.1 Å². The summed E-state index contributed by atoms with van der Waals surface area (Å²) >= 11 is 8.24. The molecule has 1 amide bonds. The molecule has 0 radical (unpaired) electrons. The minimum Gasteiger partial charge on any atom is -0.341 e. The molecular weight excluding hydrogens is 389 g/mol. The Morgan fingerprint density at radius 3 is 2.80 bits per heavy atom. The van der Waals surface area contributed by atoms with Crippen LogP contribution in [0.4, 0.5) is 0 Å².